The molecule has 2 rings (SSSR count). The Morgan fingerprint density at radius 1 is 1.27 bits per heavy atom. The Kier molecular flexibility index (Phi) is 7.56. The van der Waals surface area contributed by atoms with E-state index in [1.165, 1.54) is 6.07 Å². The fraction of sp³-hybridized carbons (Fsp3) is 0.267. The lowest BCUT2D eigenvalue weighted by molar-refractivity contribution is -0.156. The number of allylic oxidation sites excluding steroid dienone is 1. The lowest BCUT2D eigenvalue weighted by Crippen LogP contribution is -2.26. The first kappa shape index (κ1) is 21.4. The van der Waals surface area contributed by atoms with Gasteiger partial charge in [-0.05, 0) is 30.0 Å². The van der Waals surface area contributed by atoms with Gasteiger partial charge >= 0.3 is 6.18 Å². The van der Waals surface area contributed by atoms with Crippen molar-refractivity contribution in [2.75, 3.05) is 6.54 Å². The van der Waals surface area contributed by atoms with Crippen molar-refractivity contribution in [2.24, 2.45) is 27.2 Å². The molecule has 1 aliphatic rings. The second kappa shape index (κ2) is 9.18. The van der Waals surface area contributed by atoms with Crippen molar-refractivity contribution < 1.29 is 22.4 Å². The molecule has 0 unspecified atom stereocenters. The molecule has 0 bridgehead atoms. The van der Waals surface area contributed by atoms with Crippen LogP contribution >= 0.6 is 11.6 Å². The van der Waals surface area contributed by atoms with Crippen molar-refractivity contribution in [3.63, 3.8) is 0 Å². The molecule has 0 spiro atoms. The summed E-state index contributed by atoms with van der Waals surface area (Å²) in [7, 11) is 0. The number of hydrogen-bond acceptors (Lipinski definition) is 2. The van der Waals surface area contributed by atoms with E-state index >= 15 is 0 Å². The lowest BCUT2D eigenvalue weighted by Gasteiger charge is -2.08. The number of nitrogens with zero attached hydrogens (tertiary/aromatic N) is 2. The summed E-state index contributed by atoms with van der Waals surface area (Å²) in [5.74, 6) is -0.530. The van der Waals surface area contributed by atoms with E-state index in [2.05, 4.69) is 9.98 Å². The largest absolute Gasteiger partial charge is 0.446 e. The number of nitrogens with two attached hydrogens (primary N) is 3. The topological polar surface area (TPSA) is 120 Å². The first-order valence-corrected chi connectivity index (χ1v) is 7.52. The van der Waals surface area contributed by atoms with E-state index in [0.29, 0.717) is 13.0 Å². The average Bonchev–Trinajstić information content (AvgIpc) is 2.94. The third kappa shape index (κ3) is 6.71. The maximum Gasteiger partial charge on any atom is 0.446 e. The Bertz CT molecular complexity index is 755. The molecular weight excluding hydrogens is 378 g/mol. The van der Waals surface area contributed by atoms with Gasteiger partial charge in [-0.25, -0.2) is 4.39 Å². The molecule has 0 fully saturated rings. The molecule has 1 aromatic carbocycles. The second-order valence-corrected chi connectivity index (χ2v) is 5.39. The molecule has 0 heterocycles. The predicted octanol–water partition coefficient (Wildman–Crippen LogP) is 2.14. The molecule has 26 heavy (non-hydrogen) atoms. The summed E-state index contributed by atoms with van der Waals surface area (Å²) in [5, 5.41) is 0.160. The third-order valence-electron chi connectivity index (χ3n) is 3.10. The number of halogens is 5. The van der Waals surface area contributed by atoms with Crippen LogP contribution in [0.5, 0.6) is 0 Å². The number of carbonyl (C=O) groups is 1. The van der Waals surface area contributed by atoms with Crippen molar-refractivity contribution in [1.29, 1.82) is 0 Å². The van der Waals surface area contributed by atoms with Gasteiger partial charge in [0.05, 0.1) is 5.02 Å². The molecule has 1 aromatic rings. The smallest absolute Gasteiger partial charge is 0.370 e. The van der Waals surface area contributed by atoms with Crippen molar-refractivity contribution >= 4 is 35.4 Å². The molecule has 142 valence electrons. The monoisotopic (exact) mass is 393 g/mol. The van der Waals surface area contributed by atoms with Gasteiger partial charge < -0.3 is 17.2 Å². The first-order valence-electron chi connectivity index (χ1n) is 7.14. The van der Waals surface area contributed by atoms with E-state index in [-0.39, 0.29) is 16.9 Å². The molecular formula is C15H16ClF4N5O. The minimum absolute atomic E-state index is 0.0224. The number of aldehydes is 1. The van der Waals surface area contributed by atoms with Crippen molar-refractivity contribution in [2.45, 2.75) is 19.0 Å². The van der Waals surface area contributed by atoms with Crippen LogP contribution < -0.4 is 17.2 Å². The van der Waals surface area contributed by atoms with E-state index in [1.54, 1.807) is 6.07 Å². The number of hydrogen-bond donors (Lipinski definition) is 3. The van der Waals surface area contributed by atoms with Crippen LogP contribution in [0.25, 0.3) is 5.57 Å². The summed E-state index contributed by atoms with van der Waals surface area (Å²) < 4.78 is 44.7. The first-order chi connectivity index (χ1) is 12.0. The summed E-state index contributed by atoms with van der Waals surface area (Å²) in [6, 6.07) is 3.13. The minimum Gasteiger partial charge on any atom is -0.370 e. The fourth-order valence-corrected chi connectivity index (χ4v) is 2.43. The number of fused-ring (bicyclic) bond motifs is 1. The summed E-state index contributed by atoms with van der Waals surface area (Å²) in [6.45, 7) is 0.404. The van der Waals surface area contributed by atoms with Crippen LogP contribution in [-0.2, 0) is 11.2 Å². The summed E-state index contributed by atoms with van der Waals surface area (Å²) in [6.07, 6.45) is -2.34. The second-order valence-electron chi connectivity index (χ2n) is 5.02. The van der Waals surface area contributed by atoms with E-state index in [0.717, 1.165) is 23.1 Å². The average molecular weight is 394 g/mol. The molecule has 0 amide bonds. The highest BCUT2D eigenvalue weighted by Gasteiger charge is 2.25. The quantitative estimate of drug-likeness (QED) is 0.315. The van der Waals surface area contributed by atoms with Crippen LogP contribution in [0.15, 0.2) is 28.2 Å². The van der Waals surface area contributed by atoms with Gasteiger partial charge in [0.25, 0.3) is 0 Å². The van der Waals surface area contributed by atoms with E-state index in [9.17, 15) is 17.6 Å². The van der Waals surface area contributed by atoms with Gasteiger partial charge in [0.2, 0.25) is 12.2 Å². The lowest BCUT2D eigenvalue weighted by atomic mass is 10.0. The molecule has 0 radical (unpaired) electrons. The van der Waals surface area contributed by atoms with Gasteiger partial charge in [0, 0.05) is 12.1 Å². The Balaban J connectivity index is 0.000000487. The highest BCUT2D eigenvalue weighted by Crippen LogP contribution is 2.36. The van der Waals surface area contributed by atoms with Gasteiger partial charge in [-0.3, -0.25) is 9.79 Å². The minimum atomic E-state index is -4.64. The van der Waals surface area contributed by atoms with E-state index in [1.807, 2.05) is 6.08 Å². The highest BCUT2D eigenvalue weighted by atomic mass is 35.5. The van der Waals surface area contributed by atoms with Crippen LogP contribution in [0.1, 0.15) is 17.5 Å². The van der Waals surface area contributed by atoms with Crippen molar-refractivity contribution in [1.82, 2.24) is 0 Å². The standard InChI is InChI=1S/C13H15ClFN5.C2HF3O/c14-11-9(15)4-3-7-1-2-8(10(7)11)5-6-19-13(18)20-12(16)17;3-2(4,5)1-6/h2-4H,1,5-6H2,(H6,16,17,18,19,20);1H. The molecule has 6 nitrogen and oxygen atoms in total. The molecule has 0 saturated heterocycles. The maximum absolute atomic E-state index is 13.5. The van der Waals surface area contributed by atoms with Crippen LogP contribution in [0.4, 0.5) is 17.6 Å². The van der Waals surface area contributed by atoms with E-state index < -0.39 is 18.3 Å². The van der Waals surface area contributed by atoms with Crippen LogP contribution in [0.2, 0.25) is 5.02 Å². The van der Waals surface area contributed by atoms with E-state index in [4.69, 9.17) is 33.6 Å². The summed E-state index contributed by atoms with van der Waals surface area (Å²) in [5.41, 5.74) is 18.6. The summed E-state index contributed by atoms with van der Waals surface area (Å²) in [4.78, 5) is 16.3. The zero-order valence-corrected chi connectivity index (χ0v) is 14.1. The van der Waals surface area contributed by atoms with Crippen LogP contribution in [-0.4, -0.2) is 30.9 Å². The predicted molar refractivity (Wildman–Crippen MR) is 92.1 cm³/mol. The zero-order chi connectivity index (χ0) is 19.9. The Labute approximate surface area is 151 Å². The SMILES string of the molecule is NC(N)=NC(N)=NCCC1=CCc2ccc(F)c(Cl)c21.O=CC(F)(F)F. The number of benzene rings is 1. The zero-order valence-electron chi connectivity index (χ0n) is 13.4. The molecule has 0 atom stereocenters. The molecule has 0 aromatic heterocycles. The van der Waals surface area contributed by atoms with Gasteiger partial charge in [-0.1, -0.05) is 23.7 Å². The van der Waals surface area contributed by atoms with Crippen LogP contribution in [0.3, 0.4) is 0 Å². The van der Waals surface area contributed by atoms with Crippen molar-refractivity contribution in [3.8, 4) is 0 Å². The molecule has 11 heteroatoms. The maximum atomic E-state index is 13.5. The highest BCUT2D eigenvalue weighted by molar-refractivity contribution is 6.32. The molecule has 0 saturated carbocycles. The normalized spacial score (nSPS) is 13.3. The van der Waals surface area contributed by atoms with Gasteiger partial charge in [-0.15, -0.1) is 0 Å². The number of alkyl halides is 3. The van der Waals surface area contributed by atoms with Crippen molar-refractivity contribution in [3.05, 3.63) is 40.2 Å². The number of guanidine groups is 2. The Morgan fingerprint density at radius 2 is 1.88 bits per heavy atom. The van der Waals surface area contributed by atoms with Gasteiger partial charge in [0.15, 0.2) is 5.96 Å². The van der Waals surface area contributed by atoms with Crippen LogP contribution in [0, 0.1) is 5.82 Å². The summed E-state index contributed by atoms with van der Waals surface area (Å²) >= 11 is 6.01. The third-order valence-corrected chi connectivity index (χ3v) is 3.47. The number of aliphatic imine (C=N–C) groups is 2. The number of rotatable bonds is 3. The molecule has 0 aliphatic heterocycles. The molecule has 6 N–H and O–H groups in total. The Hall–Kier alpha value is -2.62. The molecule has 1 aliphatic carbocycles. The van der Waals surface area contributed by atoms with Gasteiger partial charge in [0.1, 0.15) is 5.82 Å². The Morgan fingerprint density at radius 3 is 2.42 bits per heavy atom. The number of carbonyl (C=O) groups excluding carboxylic acids is 1. The fourth-order valence-electron chi connectivity index (χ4n) is 2.13. The van der Waals surface area contributed by atoms with Gasteiger partial charge in [-0.2, -0.15) is 18.2 Å².